The molecular formula is C15H14Cl2OS. The molecule has 0 aliphatic rings. The molecule has 1 unspecified atom stereocenters. The zero-order valence-electron chi connectivity index (χ0n) is 10.4. The van der Waals surface area contributed by atoms with E-state index in [1.165, 1.54) is 5.56 Å². The molecule has 1 N–H and O–H groups in total. The summed E-state index contributed by atoms with van der Waals surface area (Å²) < 4.78 is 0. The van der Waals surface area contributed by atoms with Crippen molar-refractivity contribution in [3.8, 4) is 0 Å². The van der Waals surface area contributed by atoms with E-state index < -0.39 is 6.10 Å². The maximum atomic E-state index is 10.2. The third-order valence-corrected chi connectivity index (χ3v) is 4.36. The van der Waals surface area contributed by atoms with E-state index in [1.54, 1.807) is 30.0 Å². The number of rotatable bonds is 4. The van der Waals surface area contributed by atoms with Gasteiger partial charge in [0.1, 0.15) is 0 Å². The van der Waals surface area contributed by atoms with Gasteiger partial charge in [0.15, 0.2) is 0 Å². The van der Waals surface area contributed by atoms with Gasteiger partial charge >= 0.3 is 0 Å². The Morgan fingerprint density at radius 3 is 2.68 bits per heavy atom. The predicted molar refractivity (Wildman–Crippen MR) is 83.3 cm³/mol. The Kier molecular flexibility index (Phi) is 5.17. The normalized spacial score (nSPS) is 12.4. The summed E-state index contributed by atoms with van der Waals surface area (Å²) in [5.74, 6) is 0.545. The minimum atomic E-state index is -0.628. The average Bonchev–Trinajstić information content (AvgIpc) is 2.39. The van der Waals surface area contributed by atoms with Crippen LogP contribution in [-0.4, -0.2) is 10.9 Å². The fraction of sp³-hybridized carbons (Fsp3) is 0.200. The van der Waals surface area contributed by atoms with E-state index in [2.05, 4.69) is 6.07 Å². The van der Waals surface area contributed by atoms with Crippen LogP contribution in [0.2, 0.25) is 10.0 Å². The van der Waals surface area contributed by atoms with Crippen LogP contribution in [-0.2, 0) is 0 Å². The highest BCUT2D eigenvalue weighted by Crippen LogP contribution is 2.30. The van der Waals surface area contributed by atoms with Crippen molar-refractivity contribution in [2.75, 3.05) is 5.75 Å². The van der Waals surface area contributed by atoms with Crippen LogP contribution >= 0.6 is 35.0 Å². The van der Waals surface area contributed by atoms with Crippen molar-refractivity contribution in [1.82, 2.24) is 0 Å². The molecule has 0 aliphatic heterocycles. The summed E-state index contributed by atoms with van der Waals surface area (Å²) in [6.07, 6.45) is -0.628. The first kappa shape index (κ1) is 14.7. The molecule has 1 atom stereocenters. The number of benzene rings is 2. The summed E-state index contributed by atoms with van der Waals surface area (Å²) in [6.45, 7) is 2.05. The molecule has 100 valence electrons. The molecule has 0 saturated heterocycles. The smallest absolute Gasteiger partial charge is 0.0898 e. The second-order valence-corrected chi connectivity index (χ2v) is 6.25. The van der Waals surface area contributed by atoms with Crippen LogP contribution < -0.4 is 0 Å². The molecule has 0 radical (unpaired) electrons. The summed E-state index contributed by atoms with van der Waals surface area (Å²) in [5.41, 5.74) is 1.88. The van der Waals surface area contributed by atoms with Gasteiger partial charge in [-0.05, 0) is 37.3 Å². The van der Waals surface area contributed by atoms with E-state index in [1.807, 2.05) is 25.1 Å². The van der Waals surface area contributed by atoms with Crippen LogP contribution in [0, 0.1) is 6.92 Å². The van der Waals surface area contributed by atoms with Gasteiger partial charge in [-0.15, -0.1) is 11.8 Å². The first-order chi connectivity index (χ1) is 9.06. The van der Waals surface area contributed by atoms with Crippen LogP contribution in [0.15, 0.2) is 47.4 Å². The number of aliphatic hydroxyl groups is 1. The third-order valence-electron chi connectivity index (χ3n) is 2.71. The zero-order chi connectivity index (χ0) is 13.8. The minimum absolute atomic E-state index is 0.543. The molecule has 0 amide bonds. The topological polar surface area (TPSA) is 20.2 Å². The highest BCUT2D eigenvalue weighted by Gasteiger charge is 2.12. The van der Waals surface area contributed by atoms with Crippen molar-refractivity contribution in [2.45, 2.75) is 17.9 Å². The van der Waals surface area contributed by atoms with Gasteiger partial charge in [-0.3, -0.25) is 0 Å². The summed E-state index contributed by atoms with van der Waals surface area (Å²) in [6, 6.07) is 13.3. The van der Waals surface area contributed by atoms with E-state index >= 15 is 0 Å². The second kappa shape index (κ2) is 6.67. The standard InChI is InChI=1S/C15H14Cl2OS/c1-10-3-2-4-12(7-10)19-9-15(18)13-8-11(16)5-6-14(13)17/h2-8,15,18H,9H2,1H3. The Morgan fingerprint density at radius 2 is 1.95 bits per heavy atom. The lowest BCUT2D eigenvalue weighted by Gasteiger charge is -2.13. The fourth-order valence-corrected chi connectivity index (χ4v) is 3.14. The van der Waals surface area contributed by atoms with E-state index in [0.717, 1.165) is 4.90 Å². The number of thioether (sulfide) groups is 1. The van der Waals surface area contributed by atoms with Gasteiger partial charge in [0.05, 0.1) is 6.10 Å². The Morgan fingerprint density at radius 1 is 1.16 bits per heavy atom. The minimum Gasteiger partial charge on any atom is -0.387 e. The maximum Gasteiger partial charge on any atom is 0.0898 e. The van der Waals surface area contributed by atoms with Gasteiger partial charge in [-0.25, -0.2) is 0 Å². The quantitative estimate of drug-likeness (QED) is 0.790. The largest absolute Gasteiger partial charge is 0.387 e. The monoisotopic (exact) mass is 312 g/mol. The van der Waals surface area contributed by atoms with E-state index in [9.17, 15) is 5.11 Å². The van der Waals surface area contributed by atoms with Gasteiger partial charge in [-0.2, -0.15) is 0 Å². The van der Waals surface area contributed by atoms with Gasteiger partial charge < -0.3 is 5.11 Å². The van der Waals surface area contributed by atoms with E-state index in [-0.39, 0.29) is 0 Å². The Labute approximate surface area is 127 Å². The first-order valence-electron chi connectivity index (χ1n) is 5.89. The first-order valence-corrected chi connectivity index (χ1v) is 7.63. The molecule has 19 heavy (non-hydrogen) atoms. The molecule has 2 aromatic rings. The molecule has 0 saturated carbocycles. The molecular weight excluding hydrogens is 299 g/mol. The van der Waals surface area contributed by atoms with Gasteiger partial charge in [-0.1, -0.05) is 40.9 Å². The second-order valence-electron chi connectivity index (χ2n) is 4.31. The van der Waals surface area contributed by atoms with Crippen LogP contribution in [0.5, 0.6) is 0 Å². The van der Waals surface area contributed by atoms with Crippen molar-refractivity contribution < 1.29 is 5.11 Å². The number of hydrogen-bond acceptors (Lipinski definition) is 2. The fourth-order valence-electron chi connectivity index (χ4n) is 1.74. The van der Waals surface area contributed by atoms with Crippen LogP contribution in [0.3, 0.4) is 0 Å². The van der Waals surface area contributed by atoms with Crippen molar-refractivity contribution in [1.29, 1.82) is 0 Å². The SMILES string of the molecule is Cc1cccc(SCC(O)c2cc(Cl)ccc2Cl)c1. The molecule has 0 aromatic heterocycles. The number of aryl methyl sites for hydroxylation is 1. The van der Waals surface area contributed by atoms with Crippen LogP contribution in [0.25, 0.3) is 0 Å². The molecule has 4 heteroatoms. The molecule has 2 rings (SSSR count). The lowest BCUT2D eigenvalue weighted by atomic mass is 10.1. The molecule has 0 heterocycles. The summed E-state index contributed by atoms with van der Waals surface area (Å²) in [4.78, 5) is 1.14. The van der Waals surface area contributed by atoms with Crippen molar-refractivity contribution >= 4 is 35.0 Å². The summed E-state index contributed by atoms with van der Waals surface area (Å²) >= 11 is 13.6. The summed E-state index contributed by atoms with van der Waals surface area (Å²) in [7, 11) is 0. The van der Waals surface area contributed by atoms with Crippen molar-refractivity contribution in [3.05, 3.63) is 63.6 Å². The van der Waals surface area contributed by atoms with Gasteiger partial charge in [0.25, 0.3) is 0 Å². The Hall–Kier alpha value is -0.670. The van der Waals surface area contributed by atoms with Gasteiger partial charge in [0.2, 0.25) is 0 Å². The van der Waals surface area contributed by atoms with Crippen LogP contribution in [0.4, 0.5) is 0 Å². The number of hydrogen-bond donors (Lipinski definition) is 1. The molecule has 2 aromatic carbocycles. The molecule has 0 bridgehead atoms. The highest BCUT2D eigenvalue weighted by atomic mass is 35.5. The molecule has 0 aliphatic carbocycles. The van der Waals surface area contributed by atoms with Gasteiger partial charge in [0, 0.05) is 26.3 Å². The lowest BCUT2D eigenvalue weighted by Crippen LogP contribution is -2.01. The molecule has 0 fully saturated rings. The van der Waals surface area contributed by atoms with Crippen LogP contribution in [0.1, 0.15) is 17.2 Å². The number of aliphatic hydroxyl groups excluding tert-OH is 1. The molecule has 0 spiro atoms. The zero-order valence-corrected chi connectivity index (χ0v) is 12.8. The predicted octanol–water partition coefficient (Wildman–Crippen LogP) is 5.13. The van der Waals surface area contributed by atoms with Crippen molar-refractivity contribution in [3.63, 3.8) is 0 Å². The van der Waals surface area contributed by atoms with E-state index in [0.29, 0.717) is 21.4 Å². The summed E-state index contributed by atoms with van der Waals surface area (Å²) in [5, 5.41) is 11.3. The van der Waals surface area contributed by atoms with Crippen molar-refractivity contribution in [2.24, 2.45) is 0 Å². The maximum absolute atomic E-state index is 10.2. The lowest BCUT2D eigenvalue weighted by molar-refractivity contribution is 0.204. The molecule has 1 nitrogen and oxygen atoms in total. The number of halogens is 2. The highest BCUT2D eigenvalue weighted by molar-refractivity contribution is 7.99. The Bertz CT molecular complexity index is 572. The Balaban J connectivity index is 2.05. The average molecular weight is 313 g/mol. The van der Waals surface area contributed by atoms with E-state index in [4.69, 9.17) is 23.2 Å². The third kappa shape index (κ3) is 4.15.